The Morgan fingerprint density at radius 3 is 2.47 bits per heavy atom. The van der Waals surface area contributed by atoms with Gasteiger partial charge < -0.3 is 4.74 Å². The Balaban J connectivity index is 2.71. The van der Waals surface area contributed by atoms with Crippen molar-refractivity contribution in [2.45, 2.75) is 26.4 Å². The lowest BCUT2D eigenvalue weighted by molar-refractivity contribution is 0.102. The van der Waals surface area contributed by atoms with Crippen LogP contribution in [0.15, 0.2) is 30.3 Å². The predicted molar refractivity (Wildman–Crippen MR) is 63.6 cm³/mol. The summed E-state index contributed by atoms with van der Waals surface area (Å²) >= 11 is 0. The molecule has 1 heteroatoms. The molecule has 80 valence electrons. The van der Waals surface area contributed by atoms with Crippen LogP contribution in [0.1, 0.15) is 25.8 Å². The van der Waals surface area contributed by atoms with Crippen molar-refractivity contribution in [2.24, 2.45) is 5.92 Å². The molecule has 0 radical (unpaired) electrons. The van der Waals surface area contributed by atoms with Gasteiger partial charge in [-0.2, -0.15) is 0 Å². The van der Waals surface area contributed by atoms with Gasteiger partial charge in [0.1, 0.15) is 6.10 Å². The number of rotatable bonds is 3. The van der Waals surface area contributed by atoms with Crippen LogP contribution in [-0.4, -0.2) is 13.2 Å². The third-order valence-electron chi connectivity index (χ3n) is 2.55. The van der Waals surface area contributed by atoms with Crippen LogP contribution in [0.5, 0.6) is 0 Å². The van der Waals surface area contributed by atoms with Crippen LogP contribution in [0.2, 0.25) is 0 Å². The van der Waals surface area contributed by atoms with Gasteiger partial charge in [0.15, 0.2) is 0 Å². The molecule has 0 spiro atoms. The van der Waals surface area contributed by atoms with E-state index >= 15 is 0 Å². The molecule has 0 saturated carbocycles. The highest BCUT2D eigenvalue weighted by Gasteiger charge is 2.10. The zero-order chi connectivity index (χ0) is 11.1. The number of methoxy groups -OCH3 is 1. The lowest BCUT2D eigenvalue weighted by Crippen LogP contribution is -2.17. The molecule has 1 aromatic carbocycles. The van der Waals surface area contributed by atoms with Gasteiger partial charge in [-0.25, -0.2) is 0 Å². The summed E-state index contributed by atoms with van der Waals surface area (Å²) in [6.45, 7) is 4.31. The lowest BCUT2D eigenvalue weighted by Gasteiger charge is -2.14. The van der Waals surface area contributed by atoms with Crippen LogP contribution in [0.3, 0.4) is 0 Å². The second kappa shape index (κ2) is 6.27. The van der Waals surface area contributed by atoms with Crippen molar-refractivity contribution in [3.8, 4) is 11.8 Å². The molecular weight excluding hydrogens is 184 g/mol. The summed E-state index contributed by atoms with van der Waals surface area (Å²) in [5, 5.41) is 0. The fourth-order valence-corrected chi connectivity index (χ4v) is 1.32. The van der Waals surface area contributed by atoms with Crippen LogP contribution < -0.4 is 0 Å². The summed E-state index contributed by atoms with van der Waals surface area (Å²) in [5.41, 5.74) is 1.04. The average molecular weight is 202 g/mol. The van der Waals surface area contributed by atoms with Gasteiger partial charge in [0, 0.05) is 12.7 Å². The van der Waals surface area contributed by atoms with Crippen molar-refractivity contribution >= 4 is 0 Å². The van der Waals surface area contributed by atoms with Gasteiger partial charge >= 0.3 is 0 Å². The summed E-state index contributed by atoms with van der Waals surface area (Å²) in [6, 6.07) is 10.0. The molecule has 0 N–H and O–H groups in total. The molecule has 0 saturated heterocycles. The molecule has 15 heavy (non-hydrogen) atoms. The zero-order valence-corrected chi connectivity index (χ0v) is 9.66. The Kier molecular flexibility index (Phi) is 4.93. The van der Waals surface area contributed by atoms with E-state index in [-0.39, 0.29) is 6.10 Å². The van der Waals surface area contributed by atoms with Crippen molar-refractivity contribution in [2.75, 3.05) is 7.11 Å². The van der Waals surface area contributed by atoms with Gasteiger partial charge in [-0.1, -0.05) is 50.3 Å². The number of hydrogen-bond donors (Lipinski definition) is 0. The van der Waals surface area contributed by atoms with Gasteiger partial charge in [-0.15, -0.1) is 0 Å². The standard InChI is InChI=1S/C14H18O/c1-4-12(2)14(15-3)11-10-13-8-6-5-7-9-13/h5-9,12,14H,4H2,1-3H3. The summed E-state index contributed by atoms with van der Waals surface area (Å²) in [5.74, 6) is 6.78. The van der Waals surface area contributed by atoms with Crippen molar-refractivity contribution in [3.63, 3.8) is 0 Å². The van der Waals surface area contributed by atoms with Crippen molar-refractivity contribution < 1.29 is 4.74 Å². The Morgan fingerprint density at radius 2 is 1.93 bits per heavy atom. The summed E-state index contributed by atoms with van der Waals surface area (Å²) < 4.78 is 5.35. The molecule has 0 aliphatic carbocycles. The monoisotopic (exact) mass is 202 g/mol. The van der Waals surface area contributed by atoms with E-state index in [9.17, 15) is 0 Å². The largest absolute Gasteiger partial charge is 0.368 e. The molecule has 1 aromatic rings. The van der Waals surface area contributed by atoms with Gasteiger partial charge in [0.2, 0.25) is 0 Å². The highest BCUT2D eigenvalue weighted by Crippen LogP contribution is 2.09. The van der Waals surface area contributed by atoms with Crippen LogP contribution in [0, 0.1) is 17.8 Å². The van der Waals surface area contributed by atoms with Crippen LogP contribution in [0.4, 0.5) is 0 Å². The Bertz CT molecular complexity index is 331. The van der Waals surface area contributed by atoms with E-state index in [1.54, 1.807) is 7.11 Å². The first-order valence-electron chi connectivity index (χ1n) is 5.37. The molecule has 1 rings (SSSR count). The number of hydrogen-bond acceptors (Lipinski definition) is 1. The SMILES string of the molecule is CCC(C)C(C#Cc1ccccc1)OC. The first kappa shape index (κ1) is 11.8. The van der Waals surface area contributed by atoms with E-state index < -0.39 is 0 Å². The highest BCUT2D eigenvalue weighted by molar-refractivity contribution is 5.34. The van der Waals surface area contributed by atoms with Crippen LogP contribution in [0.25, 0.3) is 0 Å². The van der Waals surface area contributed by atoms with E-state index in [0.29, 0.717) is 5.92 Å². The molecule has 0 aliphatic heterocycles. The topological polar surface area (TPSA) is 9.23 Å². The van der Waals surface area contributed by atoms with Crippen molar-refractivity contribution in [1.29, 1.82) is 0 Å². The molecule has 0 aliphatic rings. The van der Waals surface area contributed by atoms with E-state index in [4.69, 9.17) is 4.74 Å². The maximum absolute atomic E-state index is 5.35. The third kappa shape index (κ3) is 3.77. The Hall–Kier alpha value is -1.26. The minimum atomic E-state index is 0.0372. The molecule has 0 heterocycles. The second-order valence-electron chi connectivity index (χ2n) is 3.68. The Morgan fingerprint density at radius 1 is 1.27 bits per heavy atom. The van der Waals surface area contributed by atoms with Gasteiger partial charge in [0.05, 0.1) is 0 Å². The maximum atomic E-state index is 5.35. The quantitative estimate of drug-likeness (QED) is 0.684. The molecule has 1 nitrogen and oxygen atoms in total. The van der Waals surface area contributed by atoms with E-state index in [1.807, 2.05) is 30.3 Å². The molecule has 2 atom stereocenters. The molecule has 2 unspecified atom stereocenters. The van der Waals surface area contributed by atoms with Crippen LogP contribution >= 0.6 is 0 Å². The first-order valence-corrected chi connectivity index (χ1v) is 5.37. The smallest absolute Gasteiger partial charge is 0.120 e. The minimum Gasteiger partial charge on any atom is -0.368 e. The maximum Gasteiger partial charge on any atom is 0.120 e. The fraction of sp³-hybridized carbons (Fsp3) is 0.429. The normalized spacial score (nSPS) is 13.8. The van der Waals surface area contributed by atoms with Gasteiger partial charge in [-0.3, -0.25) is 0 Å². The van der Waals surface area contributed by atoms with Gasteiger partial charge in [0.25, 0.3) is 0 Å². The first-order chi connectivity index (χ1) is 7.27. The molecular formula is C14H18O. The predicted octanol–water partition coefficient (Wildman–Crippen LogP) is 3.10. The minimum absolute atomic E-state index is 0.0372. The van der Waals surface area contributed by atoms with Gasteiger partial charge in [-0.05, 0) is 18.1 Å². The zero-order valence-electron chi connectivity index (χ0n) is 9.66. The summed E-state index contributed by atoms with van der Waals surface area (Å²) in [4.78, 5) is 0. The molecule has 0 fully saturated rings. The van der Waals surface area contributed by atoms with Crippen LogP contribution in [-0.2, 0) is 4.74 Å². The van der Waals surface area contributed by atoms with E-state index in [0.717, 1.165) is 12.0 Å². The number of benzene rings is 1. The highest BCUT2D eigenvalue weighted by atomic mass is 16.5. The molecule has 0 amide bonds. The average Bonchev–Trinajstić information content (AvgIpc) is 2.31. The Labute approximate surface area is 92.5 Å². The number of ether oxygens (including phenoxy) is 1. The summed E-state index contributed by atoms with van der Waals surface area (Å²) in [7, 11) is 1.72. The van der Waals surface area contributed by atoms with E-state index in [2.05, 4.69) is 25.7 Å². The third-order valence-corrected chi connectivity index (χ3v) is 2.55. The van der Waals surface area contributed by atoms with Crippen molar-refractivity contribution in [3.05, 3.63) is 35.9 Å². The second-order valence-corrected chi connectivity index (χ2v) is 3.68. The molecule has 0 bridgehead atoms. The summed E-state index contributed by atoms with van der Waals surface area (Å²) in [6.07, 6.45) is 1.12. The van der Waals surface area contributed by atoms with E-state index in [1.165, 1.54) is 0 Å². The lowest BCUT2D eigenvalue weighted by atomic mass is 10.0. The molecule has 0 aromatic heterocycles. The fourth-order valence-electron chi connectivity index (χ4n) is 1.32. The van der Waals surface area contributed by atoms with Crippen molar-refractivity contribution in [1.82, 2.24) is 0 Å².